The second-order valence-corrected chi connectivity index (χ2v) is 5.75. The van der Waals surface area contributed by atoms with Crippen LogP contribution in [0.3, 0.4) is 0 Å². The molecule has 0 aliphatic rings. The van der Waals surface area contributed by atoms with Gasteiger partial charge in [-0.1, -0.05) is 6.92 Å². The van der Waals surface area contributed by atoms with Gasteiger partial charge >= 0.3 is 0 Å². The van der Waals surface area contributed by atoms with E-state index in [1.807, 2.05) is 19.1 Å². The summed E-state index contributed by atoms with van der Waals surface area (Å²) < 4.78 is 0. The first-order chi connectivity index (χ1) is 10.4. The molecule has 7 nitrogen and oxygen atoms in total. The van der Waals surface area contributed by atoms with Gasteiger partial charge in [0, 0.05) is 19.7 Å². The lowest BCUT2D eigenvalue weighted by atomic mass is 9.93. The summed E-state index contributed by atoms with van der Waals surface area (Å²) >= 11 is 0. The highest BCUT2D eigenvalue weighted by atomic mass is 16.3. The number of H-pyrrole nitrogens is 1. The number of hydrogen-bond acceptors (Lipinski definition) is 5. The fraction of sp³-hybridized carbons (Fsp3) is 0.533. The first-order valence-corrected chi connectivity index (χ1v) is 7.29. The number of likely N-dealkylation sites (N-methyl/N-ethyl adjacent to an activating group) is 2. The molecule has 2 heterocycles. The highest BCUT2D eigenvalue weighted by Gasteiger charge is 2.32. The van der Waals surface area contributed by atoms with E-state index in [0.717, 1.165) is 11.3 Å². The number of aliphatic hydroxyl groups is 1. The number of fused-ring (bicyclic) bond motifs is 1. The first-order valence-electron chi connectivity index (χ1n) is 7.29. The maximum atomic E-state index is 11.9. The van der Waals surface area contributed by atoms with Crippen molar-refractivity contribution < 1.29 is 9.90 Å². The Kier molecular flexibility index (Phi) is 5.10. The maximum Gasteiger partial charge on any atom is 0.239 e. The number of aliphatic hydroxyl groups excluding tert-OH is 1. The number of imidazole rings is 1. The highest BCUT2D eigenvalue weighted by molar-refractivity contribution is 5.82. The van der Waals surface area contributed by atoms with Gasteiger partial charge in [-0.3, -0.25) is 9.69 Å². The fourth-order valence-corrected chi connectivity index (χ4v) is 2.57. The molecule has 1 amide bonds. The summed E-state index contributed by atoms with van der Waals surface area (Å²) in [4.78, 5) is 25.5. The number of amides is 1. The van der Waals surface area contributed by atoms with Gasteiger partial charge in [-0.2, -0.15) is 0 Å². The molecule has 7 heteroatoms. The zero-order valence-electron chi connectivity index (χ0n) is 13.4. The average Bonchev–Trinajstić information content (AvgIpc) is 2.88. The molecule has 22 heavy (non-hydrogen) atoms. The van der Waals surface area contributed by atoms with Crippen LogP contribution in [0.25, 0.3) is 11.2 Å². The van der Waals surface area contributed by atoms with Crippen molar-refractivity contribution in [2.75, 3.05) is 21.1 Å². The Morgan fingerprint density at radius 3 is 2.82 bits per heavy atom. The van der Waals surface area contributed by atoms with Crippen molar-refractivity contribution in [1.82, 2.24) is 25.2 Å². The second-order valence-electron chi connectivity index (χ2n) is 5.75. The third-order valence-electron chi connectivity index (χ3n) is 3.80. The van der Waals surface area contributed by atoms with E-state index in [1.54, 1.807) is 32.2 Å². The Morgan fingerprint density at radius 2 is 2.23 bits per heavy atom. The molecule has 2 rings (SSSR count). The molecular weight excluding hydrogens is 282 g/mol. The highest BCUT2D eigenvalue weighted by Crippen LogP contribution is 2.17. The summed E-state index contributed by atoms with van der Waals surface area (Å²) in [5, 5.41) is 13.1. The van der Waals surface area contributed by atoms with E-state index in [9.17, 15) is 9.90 Å². The van der Waals surface area contributed by atoms with E-state index >= 15 is 0 Å². The second kappa shape index (κ2) is 6.85. The summed E-state index contributed by atoms with van der Waals surface area (Å²) in [7, 11) is 5.13. The number of nitrogens with one attached hydrogen (secondary N) is 2. The van der Waals surface area contributed by atoms with Gasteiger partial charge < -0.3 is 15.4 Å². The summed E-state index contributed by atoms with van der Waals surface area (Å²) in [5.74, 6) is 0.426. The fourth-order valence-electron chi connectivity index (χ4n) is 2.57. The average molecular weight is 305 g/mol. The zero-order chi connectivity index (χ0) is 16.3. The van der Waals surface area contributed by atoms with Crippen molar-refractivity contribution >= 4 is 17.1 Å². The van der Waals surface area contributed by atoms with Gasteiger partial charge in [-0.05, 0) is 32.1 Å². The van der Waals surface area contributed by atoms with Gasteiger partial charge in [0.1, 0.15) is 11.9 Å². The van der Waals surface area contributed by atoms with Crippen LogP contribution in [0.1, 0.15) is 12.7 Å². The normalized spacial score (nSPS) is 15.7. The summed E-state index contributed by atoms with van der Waals surface area (Å²) in [6.07, 6.45) is 1.44. The van der Waals surface area contributed by atoms with E-state index < -0.39 is 12.1 Å². The lowest BCUT2D eigenvalue weighted by Gasteiger charge is -2.30. The van der Waals surface area contributed by atoms with Crippen LogP contribution in [-0.4, -0.2) is 64.2 Å². The van der Waals surface area contributed by atoms with Crippen molar-refractivity contribution in [3.8, 4) is 0 Å². The lowest BCUT2D eigenvalue weighted by molar-refractivity contribution is -0.130. The molecule has 0 aromatic carbocycles. The number of nitrogens with zero attached hydrogens (tertiary/aromatic N) is 3. The first kappa shape index (κ1) is 16.4. The molecule has 120 valence electrons. The van der Waals surface area contributed by atoms with Gasteiger partial charge in [0.25, 0.3) is 0 Å². The number of rotatable bonds is 6. The molecular formula is C15H23N5O2. The Hall–Kier alpha value is -1.99. The molecule has 2 aromatic rings. The topological polar surface area (TPSA) is 94.1 Å². The third kappa shape index (κ3) is 3.42. The van der Waals surface area contributed by atoms with Crippen molar-refractivity contribution in [3.63, 3.8) is 0 Å². The van der Waals surface area contributed by atoms with Crippen LogP contribution in [0.2, 0.25) is 0 Å². The largest absolute Gasteiger partial charge is 0.391 e. The summed E-state index contributed by atoms with van der Waals surface area (Å²) in [6.45, 7) is 1.91. The molecule has 0 saturated carbocycles. The molecule has 0 bridgehead atoms. The molecule has 0 aliphatic carbocycles. The standard InChI is InChI=1S/C15H23N5O2/c1-9(13(21)12(20(3)4)15(22)16-2)8-11-18-10-6-5-7-17-14(10)19-11/h5-7,9,12-13,21H,8H2,1-4H3,(H,16,22)(H,17,18,19)/t9-,12?,13-/m1/s1. The Bertz CT molecular complexity index is 607. The molecule has 0 fully saturated rings. The van der Waals surface area contributed by atoms with Gasteiger partial charge in [0.2, 0.25) is 5.91 Å². The van der Waals surface area contributed by atoms with E-state index in [4.69, 9.17) is 0 Å². The van der Waals surface area contributed by atoms with Crippen LogP contribution in [-0.2, 0) is 11.2 Å². The minimum Gasteiger partial charge on any atom is -0.391 e. The Balaban J connectivity index is 2.12. The van der Waals surface area contributed by atoms with Crippen LogP contribution < -0.4 is 5.32 Å². The van der Waals surface area contributed by atoms with Crippen LogP contribution in [0, 0.1) is 5.92 Å². The number of carbonyl (C=O) groups is 1. The van der Waals surface area contributed by atoms with Gasteiger partial charge in [0.15, 0.2) is 5.65 Å². The molecule has 0 spiro atoms. The van der Waals surface area contributed by atoms with Crippen LogP contribution in [0.15, 0.2) is 18.3 Å². The van der Waals surface area contributed by atoms with Crippen LogP contribution in [0.4, 0.5) is 0 Å². The number of carbonyl (C=O) groups excluding carboxylic acids is 1. The molecule has 1 unspecified atom stereocenters. The number of aromatic nitrogens is 3. The SMILES string of the molecule is CNC(=O)C([C@H](O)[C@H](C)Cc1nc2ncccc2[nH]1)N(C)C. The summed E-state index contributed by atoms with van der Waals surface area (Å²) in [6, 6.07) is 3.16. The van der Waals surface area contributed by atoms with Gasteiger partial charge in [-0.25, -0.2) is 9.97 Å². The number of pyridine rings is 1. The predicted molar refractivity (Wildman–Crippen MR) is 84.3 cm³/mol. The van der Waals surface area contributed by atoms with Gasteiger partial charge in [-0.15, -0.1) is 0 Å². The summed E-state index contributed by atoms with van der Waals surface area (Å²) in [5.41, 5.74) is 1.53. The predicted octanol–water partition coefficient (Wildman–Crippen LogP) is 0.174. The lowest BCUT2D eigenvalue weighted by Crippen LogP contribution is -2.52. The molecule has 2 aromatic heterocycles. The number of aromatic amines is 1. The minimum absolute atomic E-state index is 0.134. The minimum atomic E-state index is -0.795. The number of hydrogen-bond donors (Lipinski definition) is 3. The van der Waals surface area contributed by atoms with Crippen molar-refractivity contribution in [1.29, 1.82) is 0 Å². The van der Waals surface area contributed by atoms with Crippen LogP contribution >= 0.6 is 0 Å². The Morgan fingerprint density at radius 1 is 1.50 bits per heavy atom. The molecule has 3 N–H and O–H groups in total. The van der Waals surface area contributed by atoms with E-state index in [1.165, 1.54) is 0 Å². The van der Waals surface area contributed by atoms with Gasteiger partial charge in [0.05, 0.1) is 11.6 Å². The maximum absolute atomic E-state index is 11.9. The van der Waals surface area contributed by atoms with E-state index in [2.05, 4.69) is 20.3 Å². The molecule has 0 saturated heterocycles. The monoisotopic (exact) mass is 305 g/mol. The molecule has 3 atom stereocenters. The van der Waals surface area contributed by atoms with Crippen molar-refractivity contribution in [2.24, 2.45) is 5.92 Å². The van der Waals surface area contributed by atoms with Crippen molar-refractivity contribution in [2.45, 2.75) is 25.5 Å². The van der Waals surface area contributed by atoms with Crippen LogP contribution in [0.5, 0.6) is 0 Å². The third-order valence-corrected chi connectivity index (χ3v) is 3.80. The smallest absolute Gasteiger partial charge is 0.239 e. The van der Waals surface area contributed by atoms with E-state index in [-0.39, 0.29) is 11.8 Å². The molecule has 0 aliphatic heterocycles. The van der Waals surface area contributed by atoms with E-state index in [0.29, 0.717) is 12.1 Å². The quantitative estimate of drug-likeness (QED) is 0.707. The molecule has 0 radical (unpaired) electrons. The van der Waals surface area contributed by atoms with Crippen molar-refractivity contribution in [3.05, 3.63) is 24.2 Å². The Labute approximate surface area is 129 Å². The zero-order valence-corrected chi connectivity index (χ0v) is 13.4.